The van der Waals surface area contributed by atoms with Crippen LogP contribution in [0, 0.1) is 42.5 Å². The largest absolute Gasteiger partial charge is 0.358 e. The van der Waals surface area contributed by atoms with Crippen LogP contribution in [0.5, 0.6) is 0 Å². The van der Waals surface area contributed by atoms with E-state index in [1.165, 1.54) is 0 Å². The molecule has 12 nitrogen and oxygen atoms in total. The molecule has 4 N–H and O–H groups in total. The average molecular weight is 953 g/mol. The smallest absolute Gasteiger partial charge is 0.269 e. The summed E-state index contributed by atoms with van der Waals surface area (Å²) in [6, 6.07) is 28.0. The molecule has 0 aliphatic carbocycles. The molecule has 52 heavy (non-hydrogen) atoms. The second-order valence-electron chi connectivity index (χ2n) is 10.9. The summed E-state index contributed by atoms with van der Waals surface area (Å²) in [6.45, 7) is 7.56. The molecule has 18 heteroatoms. The average Bonchev–Trinajstić information content (AvgIpc) is 2.89. The number of aryl methyl sites for hydroxylation is 4. The van der Waals surface area contributed by atoms with Crippen molar-refractivity contribution in [1.29, 1.82) is 0 Å². The Bertz CT molecular complexity index is 1900. The predicted molar refractivity (Wildman–Crippen MR) is 199 cm³/mol. The fourth-order valence-electron chi connectivity index (χ4n) is 3.81. The van der Waals surface area contributed by atoms with Crippen LogP contribution in [0.1, 0.15) is 44.5 Å². The first-order valence-electron chi connectivity index (χ1n) is 13.9. The van der Waals surface area contributed by atoms with Crippen LogP contribution < -0.4 is 0 Å². The first-order chi connectivity index (χ1) is 21.9. The van der Waals surface area contributed by atoms with Crippen LogP contribution in [-0.2, 0) is 129 Å². The minimum absolute atomic E-state index is 0. The summed E-state index contributed by atoms with van der Waals surface area (Å²) in [5, 5.41) is 0. The molecule has 0 bridgehead atoms. The first-order valence-corrected chi connectivity index (χ1v) is 20.4. The summed E-state index contributed by atoms with van der Waals surface area (Å²) in [6.07, 6.45) is 0. The number of hydrogen-bond acceptors (Lipinski definition) is 8. The summed E-state index contributed by atoms with van der Waals surface area (Å²) in [5.41, 5.74) is 6.51. The van der Waals surface area contributed by atoms with E-state index in [1.807, 2.05) is 39.8 Å². The van der Waals surface area contributed by atoms with E-state index in [-0.39, 0.29) is 103 Å². The van der Waals surface area contributed by atoms with Crippen LogP contribution in [0.3, 0.4) is 0 Å². The van der Waals surface area contributed by atoms with Crippen molar-refractivity contribution in [3.63, 3.8) is 0 Å². The van der Waals surface area contributed by atoms with E-state index >= 15 is 0 Å². The fraction of sp³-hybridized carbons (Fsp3) is 0.235. The minimum Gasteiger partial charge on any atom is -0.358 e. The third-order valence-corrected chi connectivity index (χ3v) is 8.59. The van der Waals surface area contributed by atoms with Gasteiger partial charge in [0.25, 0.3) is 40.5 Å². The molecule has 0 atom stereocenters. The zero-order valence-corrected chi connectivity index (χ0v) is 38.9. The van der Waals surface area contributed by atoms with E-state index in [4.69, 9.17) is 18.2 Å². The summed E-state index contributed by atoms with van der Waals surface area (Å²) >= 11 is 0. The maximum Gasteiger partial charge on any atom is 0.269 e. The van der Waals surface area contributed by atoms with Crippen molar-refractivity contribution < 1.29 is 117 Å². The van der Waals surface area contributed by atoms with Gasteiger partial charge in [-0.3, -0.25) is 18.2 Å². The standard InChI is InChI=1S/4C8H10O3S.2CH3.2Y/c2*1-7-2-4-8(5-3-7)6-12(9,10)11;2*1-7-3-2-4-8(5-7)6-12(9,10)11;;;;/h4*2-5H,6H2,1H3,(H,9,10,11);2*1H3;;/q;;;;2*-1;;. The molecule has 286 valence electrons. The Hall–Kier alpha value is -1.27. The van der Waals surface area contributed by atoms with Crippen molar-refractivity contribution in [1.82, 2.24) is 0 Å². The van der Waals surface area contributed by atoms with Gasteiger partial charge in [-0.1, -0.05) is 119 Å². The Morgan fingerprint density at radius 1 is 0.365 bits per heavy atom. The summed E-state index contributed by atoms with van der Waals surface area (Å²) in [7, 11) is -15.6. The van der Waals surface area contributed by atoms with E-state index < -0.39 is 40.5 Å². The zero-order valence-electron chi connectivity index (χ0n) is 29.9. The molecule has 0 heterocycles. The molecule has 0 fully saturated rings. The van der Waals surface area contributed by atoms with Gasteiger partial charge < -0.3 is 14.9 Å². The monoisotopic (exact) mass is 952 g/mol. The molecule has 4 aromatic rings. The van der Waals surface area contributed by atoms with Gasteiger partial charge in [0, 0.05) is 65.4 Å². The van der Waals surface area contributed by atoms with Crippen LogP contribution in [-0.4, -0.2) is 51.9 Å². The van der Waals surface area contributed by atoms with Gasteiger partial charge in [-0.15, -0.1) is 0 Å². The van der Waals surface area contributed by atoms with Gasteiger partial charge in [0.1, 0.15) is 23.0 Å². The number of rotatable bonds is 8. The maximum absolute atomic E-state index is 10.5. The Morgan fingerprint density at radius 2 is 0.596 bits per heavy atom. The van der Waals surface area contributed by atoms with Gasteiger partial charge in [0.15, 0.2) is 0 Å². The van der Waals surface area contributed by atoms with Gasteiger partial charge in [-0.05, 0) is 49.9 Å². The third-order valence-electron chi connectivity index (χ3n) is 5.80. The molecule has 0 aliphatic rings. The zero-order chi connectivity index (χ0) is 36.8. The molecule has 4 rings (SSSR count). The second-order valence-corrected chi connectivity index (χ2v) is 16.7. The molecule has 0 unspecified atom stereocenters. The van der Waals surface area contributed by atoms with Crippen LogP contribution in [0.15, 0.2) is 97.1 Å². The van der Waals surface area contributed by atoms with Crippen molar-refractivity contribution in [3.05, 3.63) is 156 Å². The van der Waals surface area contributed by atoms with Crippen molar-refractivity contribution in [2.75, 3.05) is 0 Å². The molecule has 0 saturated carbocycles. The fourth-order valence-corrected chi connectivity index (χ4v) is 6.24. The van der Waals surface area contributed by atoms with Gasteiger partial charge in [0.2, 0.25) is 0 Å². The topological polar surface area (TPSA) is 217 Å². The molecule has 0 aromatic heterocycles. The number of benzene rings is 4. The molecule has 4 aromatic carbocycles. The van der Waals surface area contributed by atoms with Crippen molar-refractivity contribution in [2.45, 2.75) is 50.7 Å². The number of hydrogen-bond donors (Lipinski definition) is 4. The van der Waals surface area contributed by atoms with Gasteiger partial charge in [0.05, 0.1) is 0 Å². The Kier molecular flexibility index (Phi) is 29.3. The molecule has 2 radical (unpaired) electrons. The molecule has 0 spiro atoms. The Morgan fingerprint density at radius 3 is 0.808 bits per heavy atom. The molecule has 0 aliphatic heterocycles. The van der Waals surface area contributed by atoms with Crippen molar-refractivity contribution in [3.8, 4) is 0 Å². The first kappa shape index (κ1) is 57.5. The quantitative estimate of drug-likeness (QED) is 0.111. The third kappa shape index (κ3) is 32.2. The van der Waals surface area contributed by atoms with E-state index in [0.717, 1.165) is 22.3 Å². The SMILES string of the molecule is Cc1ccc(CS(=O)(=O)O)cc1.Cc1ccc(CS(=O)(=O)O)cc1.Cc1cccc(CS(=O)(=O)O)c1.Cc1cccc(CS(=O)(=O)O)c1.[CH3-].[CH3-].[Y].[Y]. The van der Waals surface area contributed by atoms with Crippen LogP contribution in [0.4, 0.5) is 0 Å². The van der Waals surface area contributed by atoms with E-state index in [0.29, 0.717) is 22.3 Å². The molecular weight excluding hydrogens is 906 g/mol. The molecular formula is C34H46O12S4Y2-2. The molecule has 0 amide bonds. The minimum atomic E-state index is -3.89. The second kappa shape index (κ2) is 26.5. The van der Waals surface area contributed by atoms with Crippen LogP contribution >= 0.6 is 0 Å². The summed E-state index contributed by atoms with van der Waals surface area (Å²) < 4.78 is 118. The van der Waals surface area contributed by atoms with Gasteiger partial charge >= 0.3 is 0 Å². The Labute approximate surface area is 361 Å². The normalized spacial score (nSPS) is 10.6. The summed E-state index contributed by atoms with van der Waals surface area (Å²) in [4.78, 5) is 0. The van der Waals surface area contributed by atoms with E-state index in [9.17, 15) is 33.7 Å². The van der Waals surface area contributed by atoms with Crippen LogP contribution in [0.2, 0.25) is 0 Å². The van der Waals surface area contributed by atoms with E-state index in [1.54, 1.807) is 84.9 Å². The van der Waals surface area contributed by atoms with Crippen molar-refractivity contribution >= 4 is 40.5 Å². The van der Waals surface area contributed by atoms with Gasteiger partial charge in [-0.25, -0.2) is 0 Å². The predicted octanol–water partition coefficient (Wildman–Crippen LogP) is 6.43. The maximum atomic E-state index is 10.5. The van der Waals surface area contributed by atoms with Gasteiger partial charge in [-0.2, -0.15) is 33.7 Å². The Balaban J connectivity index is -0.000000288. The van der Waals surface area contributed by atoms with E-state index in [2.05, 4.69) is 0 Å². The van der Waals surface area contributed by atoms with Crippen LogP contribution in [0.25, 0.3) is 0 Å². The van der Waals surface area contributed by atoms with Crippen molar-refractivity contribution in [2.24, 2.45) is 0 Å². The molecule has 0 saturated heterocycles. The summed E-state index contributed by atoms with van der Waals surface area (Å²) in [5.74, 6) is -1.25.